The molecule has 0 radical (unpaired) electrons. The number of carbonyl (C=O) groups is 1. The van der Waals surface area contributed by atoms with E-state index in [4.69, 9.17) is 4.74 Å². The van der Waals surface area contributed by atoms with E-state index >= 15 is 0 Å². The fourth-order valence-electron chi connectivity index (χ4n) is 1.24. The average molecular weight is 258 g/mol. The van der Waals surface area contributed by atoms with E-state index < -0.39 is 23.3 Å². The number of rotatable bonds is 3. The highest BCUT2D eigenvalue weighted by Crippen LogP contribution is 2.08. The number of benzene rings is 1. The Bertz CT molecular complexity index is 410. The minimum Gasteiger partial charge on any atom is -0.443 e. The lowest BCUT2D eigenvalue weighted by Gasteiger charge is -2.19. The quantitative estimate of drug-likeness (QED) is 0.819. The van der Waals surface area contributed by atoms with Gasteiger partial charge >= 0.3 is 6.09 Å². The number of halogens is 2. The summed E-state index contributed by atoms with van der Waals surface area (Å²) in [4.78, 5) is 11.2. The Morgan fingerprint density at radius 1 is 1.22 bits per heavy atom. The normalized spacial score (nSPS) is 11.2. The minimum atomic E-state index is -0.663. The van der Waals surface area contributed by atoms with E-state index in [0.717, 1.165) is 6.07 Å². The second kappa shape index (κ2) is 5.77. The van der Waals surface area contributed by atoms with Crippen molar-refractivity contribution >= 4 is 6.09 Å². The minimum absolute atomic E-state index is 0.0912. The molecule has 0 saturated carbocycles. The summed E-state index contributed by atoms with van der Waals surface area (Å²) in [5, 5.41) is 0. The molecule has 0 bridgehead atoms. The Balaban J connectivity index is 2.40. The summed E-state index contributed by atoms with van der Waals surface area (Å²) in [6.07, 6.45) is -0.653. The fourth-order valence-corrected chi connectivity index (χ4v) is 1.24. The third-order valence-electron chi connectivity index (χ3n) is 1.80. The molecule has 0 aliphatic heterocycles. The molecule has 1 amide bonds. The molecule has 0 heterocycles. The summed E-state index contributed by atoms with van der Waals surface area (Å²) in [7, 11) is 0. The molecular weight excluding hydrogens is 242 g/mol. The van der Waals surface area contributed by atoms with E-state index in [-0.39, 0.29) is 6.54 Å². The number of hydrogen-bond donors (Lipinski definition) is 2. The number of hydrogen-bond acceptors (Lipinski definition) is 3. The standard InChI is InChI=1S/C12H16F2N2O2/c1-12(2,3)18-11(17)16-15-7-8-4-9(13)6-10(14)5-8/h4-6,15H,7H2,1-3H3,(H,16,17). The topological polar surface area (TPSA) is 50.4 Å². The monoisotopic (exact) mass is 258 g/mol. The van der Waals surface area contributed by atoms with E-state index in [2.05, 4.69) is 10.9 Å². The molecule has 0 atom stereocenters. The first kappa shape index (κ1) is 14.4. The molecule has 6 heteroatoms. The lowest BCUT2D eigenvalue weighted by Crippen LogP contribution is -2.40. The first-order valence-electron chi connectivity index (χ1n) is 5.43. The molecule has 0 spiro atoms. The zero-order valence-corrected chi connectivity index (χ0v) is 10.5. The van der Waals surface area contributed by atoms with Crippen LogP contribution in [-0.2, 0) is 11.3 Å². The van der Waals surface area contributed by atoms with Gasteiger partial charge in [-0.3, -0.25) is 5.43 Å². The van der Waals surface area contributed by atoms with Gasteiger partial charge in [-0.05, 0) is 38.5 Å². The molecule has 18 heavy (non-hydrogen) atoms. The van der Waals surface area contributed by atoms with Gasteiger partial charge in [0.25, 0.3) is 0 Å². The van der Waals surface area contributed by atoms with Crippen LogP contribution in [0.4, 0.5) is 13.6 Å². The molecule has 0 fully saturated rings. The van der Waals surface area contributed by atoms with Crippen LogP contribution >= 0.6 is 0 Å². The molecular formula is C12H16F2N2O2. The SMILES string of the molecule is CC(C)(C)OC(=O)NNCc1cc(F)cc(F)c1. The summed E-state index contributed by atoms with van der Waals surface area (Å²) in [5.74, 6) is -1.33. The zero-order valence-electron chi connectivity index (χ0n) is 10.5. The van der Waals surface area contributed by atoms with Crippen LogP contribution in [0.2, 0.25) is 0 Å². The second-order valence-electron chi connectivity index (χ2n) is 4.76. The van der Waals surface area contributed by atoms with Crippen LogP contribution in [0.25, 0.3) is 0 Å². The fraction of sp³-hybridized carbons (Fsp3) is 0.417. The number of hydrazine groups is 1. The average Bonchev–Trinajstić information content (AvgIpc) is 2.12. The Labute approximate surface area is 104 Å². The van der Waals surface area contributed by atoms with Crippen LogP contribution < -0.4 is 10.9 Å². The zero-order chi connectivity index (χ0) is 13.8. The molecule has 0 aromatic heterocycles. The van der Waals surface area contributed by atoms with Crippen molar-refractivity contribution in [1.29, 1.82) is 0 Å². The van der Waals surface area contributed by atoms with Gasteiger partial charge in [-0.25, -0.2) is 19.0 Å². The van der Waals surface area contributed by atoms with Gasteiger partial charge in [0.15, 0.2) is 0 Å². The highest BCUT2D eigenvalue weighted by molar-refractivity contribution is 5.66. The Morgan fingerprint density at radius 3 is 2.28 bits per heavy atom. The van der Waals surface area contributed by atoms with E-state index in [1.54, 1.807) is 20.8 Å². The third kappa shape index (κ3) is 5.58. The van der Waals surface area contributed by atoms with E-state index in [1.807, 2.05) is 0 Å². The van der Waals surface area contributed by atoms with Gasteiger partial charge in [0.1, 0.15) is 17.2 Å². The van der Waals surface area contributed by atoms with Gasteiger partial charge in [0.05, 0.1) is 0 Å². The smallest absolute Gasteiger partial charge is 0.422 e. The van der Waals surface area contributed by atoms with Crippen molar-refractivity contribution in [2.45, 2.75) is 32.9 Å². The van der Waals surface area contributed by atoms with Gasteiger partial charge in [-0.1, -0.05) is 0 Å². The van der Waals surface area contributed by atoms with Gasteiger partial charge in [0.2, 0.25) is 0 Å². The Kier molecular flexibility index (Phi) is 4.61. The maximum absolute atomic E-state index is 12.9. The molecule has 100 valence electrons. The maximum atomic E-state index is 12.9. The van der Waals surface area contributed by atoms with Crippen LogP contribution in [0.15, 0.2) is 18.2 Å². The summed E-state index contributed by atoms with van der Waals surface area (Å²) >= 11 is 0. The number of nitrogens with one attached hydrogen (secondary N) is 2. The van der Waals surface area contributed by atoms with Crippen LogP contribution in [0.1, 0.15) is 26.3 Å². The summed E-state index contributed by atoms with van der Waals surface area (Å²) in [6, 6.07) is 3.13. The van der Waals surface area contributed by atoms with Gasteiger partial charge < -0.3 is 4.74 Å². The summed E-state index contributed by atoms with van der Waals surface area (Å²) in [6.45, 7) is 5.28. The lowest BCUT2D eigenvalue weighted by molar-refractivity contribution is 0.0497. The largest absolute Gasteiger partial charge is 0.443 e. The molecule has 1 aromatic carbocycles. The molecule has 1 rings (SSSR count). The van der Waals surface area contributed by atoms with Crippen LogP contribution in [0.5, 0.6) is 0 Å². The van der Waals surface area contributed by atoms with Crippen molar-refractivity contribution in [2.24, 2.45) is 0 Å². The number of ether oxygens (including phenoxy) is 1. The predicted octanol–water partition coefficient (Wildman–Crippen LogP) is 2.49. The van der Waals surface area contributed by atoms with Crippen molar-refractivity contribution in [3.63, 3.8) is 0 Å². The van der Waals surface area contributed by atoms with Crippen molar-refractivity contribution in [3.05, 3.63) is 35.4 Å². The van der Waals surface area contributed by atoms with Gasteiger partial charge in [0, 0.05) is 12.6 Å². The van der Waals surface area contributed by atoms with Crippen LogP contribution in [-0.4, -0.2) is 11.7 Å². The lowest BCUT2D eigenvalue weighted by atomic mass is 10.2. The van der Waals surface area contributed by atoms with Crippen molar-refractivity contribution in [3.8, 4) is 0 Å². The highest BCUT2D eigenvalue weighted by atomic mass is 19.1. The summed E-state index contributed by atoms with van der Waals surface area (Å²) < 4.78 is 30.7. The summed E-state index contributed by atoms with van der Waals surface area (Å²) in [5.41, 5.74) is 4.57. The first-order chi connectivity index (χ1) is 8.26. The van der Waals surface area contributed by atoms with E-state index in [9.17, 15) is 13.6 Å². The molecule has 4 nitrogen and oxygen atoms in total. The second-order valence-corrected chi connectivity index (χ2v) is 4.76. The number of carbonyl (C=O) groups excluding carboxylic acids is 1. The molecule has 2 N–H and O–H groups in total. The maximum Gasteiger partial charge on any atom is 0.422 e. The van der Waals surface area contributed by atoms with Crippen LogP contribution in [0, 0.1) is 11.6 Å². The predicted molar refractivity (Wildman–Crippen MR) is 62.6 cm³/mol. The molecule has 0 aliphatic carbocycles. The Morgan fingerprint density at radius 2 is 1.78 bits per heavy atom. The van der Waals surface area contributed by atoms with Gasteiger partial charge in [-0.2, -0.15) is 0 Å². The van der Waals surface area contributed by atoms with Crippen molar-refractivity contribution in [1.82, 2.24) is 10.9 Å². The van der Waals surface area contributed by atoms with E-state index in [1.165, 1.54) is 12.1 Å². The van der Waals surface area contributed by atoms with Gasteiger partial charge in [-0.15, -0.1) is 0 Å². The highest BCUT2D eigenvalue weighted by Gasteiger charge is 2.15. The molecule has 1 aromatic rings. The van der Waals surface area contributed by atoms with Crippen molar-refractivity contribution < 1.29 is 18.3 Å². The first-order valence-corrected chi connectivity index (χ1v) is 5.43. The number of amides is 1. The molecule has 0 unspecified atom stereocenters. The molecule has 0 aliphatic rings. The molecule has 0 saturated heterocycles. The third-order valence-corrected chi connectivity index (χ3v) is 1.80. The van der Waals surface area contributed by atoms with Crippen molar-refractivity contribution in [2.75, 3.05) is 0 Å². The van der Waals surface area contributed by atoms with E-state index in [0.29, 0.717) is 5.56 Å². The Hall–Kier alpha value is -1.69. The van der Waals surface area contributed by atoms with Crippen LogP contribution in [0.3, 0.4) is 0 Å².